The molecule has 0 saturated heterocycles. The van der Waals surface area contributed by atoms with Gasteiger partial charge < -0.3 is 19.5 Å². The van der Waals surface area contributed by atoms with Gasteiger partial charge in [-0.2, -0.15) is 0 Å². The molecule has 0 amide bonds. The normalized spacial score (nSPS) is 21.8. The lowest BCUT2D eigenvalue weighted by atomic mass is 9.93. The van der Waals surface area contributed by atoms with E-state index in [2.05, 4.69) is 11.0 Å². The van der Waals surface area contributed by atoms with E-state index in [0.717, 1.165) is 44.5 Å². The average molecular weight is 550 g/mol. The van der Waals surface area contributed by atoms with Gasteiger partial charge in [0.2, 0.25) is 0 Å². The summed E-state index contributed by atoms with van der Waals surface area (Å²) in [6, 6.07) is 15.5. The number of carbonyl (C=O) groups is 2. The minimum absolute atomic E-state index is 0.0427. The molecule has 1 aliphatic heterocycles. The molecular formula is C30H28ClNO5S. The van der Waals surface area contributed by atoms with Crippen LogP contribution in [0.1, 0.15) is 28.8 Å². The number of halogens is 1. The van der Waals surface area contributed by atoms with Gasteiger partial charge in [0.25, 0.3) is 0 Å². The topological polar surface area (TPSA) is 76.1 Å². The number of aliphatic hydroxyl groups excluding tert-OH is 1. The molecule has 1 aromatic heterocycles. The number of allylic oxidation sites excluding steroid dienone is 2. The Morgan fingerprint density at radius 2 is 1.71 bits per heavy atom. The number of benzene rings is 2. The molecule has 1 atom stereocenters. The second-order valence-corrected chi connectivity index (χ2v) is 10.9. The lowest BCUT2D eigenvalue weighted by Gasteiger charge is -2.31. The Balaban J connectivity index is 1.68. The first kappa shape index (κ1) is 26.2. The number of fused-ring (bicyclic) bond motifs is 1. The molecule has 0 radical (unpaired) electrons. The predicted molar refractivity (Wildman–Crippen MR) is 149 cm³/mol. The fourth-order valence-electron chi connectivity index (χ4n) is 4.74. The summed E-state index contributed by atoms with van der Waals surface area (Å²) in [5, 5.41) is 11.2. The smallest absolute Gasteiger partial charge is 0.340 e. The van der Waals surface area contributed by atoms with Gasteiger partial charge >= 0.3 is 11.9 Å². The molecule has 1 unspecified atom stereocenters. The minimum Gasteiger partial charge on any atom is -0.465 e. The monoisotopic (exact) mass is 549 g/mol. The summed E-state index contributed by atoms with van der Waals surface area (Å²) in [4.78, 5) is 29.1. The molecule has 0 bridgehead atoms. The molecule has 2 aromatic carbocycles. The third-order valence-electron chi connectivity index (χ3n) is 6.93. The van der Waals surface area contributed by atoms with E-state index in [1.807, 2.05) is 48.5 Å². The third-order valence-corrected chi connectivity index (χ3v) is 8.63. The number of esters is 2. The van der Waals surface area contributed by atoms with Crippen LogP contribution >= 0.6 is 22.9 Å². The van der Waals surface area contributed by atoms with Gasteiger partial charge in [-0.15, -0.1) is 11.3 Å². The zero-order valence-electron chi connectivity index (χ0n) is 21.1. The molecule has 0 spiro atoms. The maximum Gasteiger partial charge on any atom is 0.340 e. The number of carbonyl (C=O) groups excluding carboxylic acids is 2. The Kier molecular flexibility index (Phi) is 7.70. The van der Waals surface area contributed by atoms with Crippen molar-refractivity contribution in [1.82, 2.24) is 4.90 Å². The van der Waals surface area contributed by atoms with Crippen molar-refractivity contribution in [2.75, 3.05) is 14.2 Å². The van der Waals surface area contributed by atoms with Crippen molar-refractivity contribution in [2.24, 2.45) is 5.92 Å². The van der Waals surface area contributed by atoms with E-state index < -0.39 is 11.9 Å². The Labute approximate surface area is 230 Å². The highest BCUT2D eigenvalue weighted by Gasteiger charge is 2.36. The predicted octanol–water partition coefficient (Wildman–Crippen LogP) is 5.88. The molecule has 6 nitrogen and oxygen atoms in total. The summed E-state index contributed by atoms with van der Waals surface area (Å²) in [5.41, 5.74) is 2.67. The molecule has 5 rings (SSSR count). The highest BCUT2D eigenvalue weighted by atomic mass is 35.5. The number of aliphatic hydroxyl groups is 1. The van der Waals surface area contributed by atoms with E-state index in [1.54, 1.807) is 23.6 Å². The van der Waals surface area contributed by atoms with Crippen LogP contribution < -0.4 is 0 Å². The quantitative estimate of drug-likeness (QED) is 0.371. The van der Waals surface area contributed by atoms with Crippen molar-refractivity contribution < 1.29 is 24.2 Å². The SMILES string of the molecule is COC(=O)C1=C/C(c2ccc(CO)cc2)=C\C(C2CC2)N(Cc2sc3ccccc3c2Cl)/C=C\1C(=O)OC. The molecular weight excluding hydrogens is 522 g/mol. The maximum absolute atomic E-state index is 13.1. The van der Waals surface area contributed by atoms with Gasteiger partial charge in [-0.25, -0.2) is 9.59 Å². The Hall–Kier alpha value is -3.39. The number of rotatable bonds is 7. The van der Waals surface area contributed by atoms with Crippen molar-refractivity contribution in [1.29, 1.82) is 0 Å². The maximum atomic E-state index is 13.1. The van der Waals surface area contributed by atoms with Crippen LogP contribution in [0.4, 0.5) is 0 Å². The number of thiophene rings is 1. The van der Waals surface area contributed by atoms with E-state index in [1.165, 1.54) is 14.2 Å². The van der Waals surface area contributed by atoms with E-state index in [-0.39, 0.29) is 23.8 Å². The van der Waals surface area contributed by atoms with Gasteiger partial charge in [-0.1, -0.05) is 60.1 Å². The first-order valence-corrected chi connectivity index (χ1v) is 13.6. The van der Waals surface area contributed by atoms with Crippen molar-refractivity contribution in [3.63, 3.8) is 0 Å². The lowest BCUT2D eigenvalue weighted by molar-refractivity contribution is -0.139. The summed E-state index contributed by atoms with van der Waals surface area (Å²) in [5.74, 6) is -0.872. The summed E-state index contributed by atoms with van der Waals surface area (Å²) in [6.45, 7) is 0.397. The summed E-state index contributed by atoms with van der Waals surface area (Å²) < 4.78 is 11.3. The fourth-order valence-corrected chi connectivity index (χ4v) is 6.25. The molecule has 1 N–H and O–H groups in total. The molecule has 1 fully saturated rings. The van der Waals surface area contributed by atoms with Crippen LogP contribution in [-0.2, 0) is 32.2 Å². The first-order chi connectivity index (χ1) is 18.4. The molecule has 38 heavy (non-hydrogen) atoms. The van der Waals surface area contributed by atoms with Crippen LogP contribution in [-0.4, -0.2) is 42.2 Å². The van der Waals surface area contributed by atoms with Crippen LogP contribution in [0.15, 0.2) is 78.0 Å². The fraction of sp³-hybridized carbons (Fsp3) is 0.267. The summed E-state index contributed by atoms with van der Waals surface area (Å²) in [7, 11) is 2.59. The molecule has 1 aliphatic carbocycles. The van der Waals surface area contributed by atoms with Crippen LogP contribution in [0, 0.1) is 5.92 Å². The molecule has 3 aromatic rings. The second kappa shape index (κ2) is 11.2. The van der Waals surface area contributed by atoms with E-state index >= 15 is 0 Å². The van der Waals surface area contributed by atoms with Crippen LogP contribution in [0.5, 0.6) is 0 Å². The van der Waals surface area contributed by atoms with Crippen molar-refractivity contribution >= 4 is 50.5 Å². The summed E-state index contributed by atoms with van der Waals surface area (Å²) in [6.07, 6.45) is 7.69. The zero-order chi connectivity index (χ0) is 26.8. The molecule has 2 heterocycles. The van der Waals surface area contributed by atoms with Crippen LogP contribution in [0.2, 0.25) is 5.02 Å². The number of nitrogens with zero attached hydrogens (tertiary/aromatic N) is 1. The van der Waals surface area contributed by atoms with Gasteiger partial charge in [0.1, 0.15) is 0 Å². The van der Waals surface area contributed by atoms with Crippen LogP contribution in [0.3, 0.4) is 0 Å². The minimum atomic E-state index is -0.635. The van der Waals surface area contributed by atoms with E-state index in [4.69, 9.17) is 21.1 Å². The van der Waals surface area contributed by atoms with Gasteiger partial charge in [-0.05, 0) is 47.6 Å². The highest BCUT2D eigenvalue weighted by Crippen LogP contribution is 2.42. The van der Waals surface area contributed by atoms with Gasteiger partial charge in [0, 0.05) is 21.2 Å². The third kappa shape index (κ3) is 5.27. The van der Waals surface area contributed by atoms with Gasteiger partial charge in [-0.3, -0.25) is 0 Å². The van der Waals surface area contributed by atoms with Gasteiger partial charge in [0.05, 0.1) is 49.6 Å². The second-order valence-electron chi connectivity index (χ2n) is 9.40. The molecule has 196 valence electrons. The number of hydrogen-bond acceptors (Lipinski definition) is 7. The van der Waals surface area contributed by atoms with Gasteiger partial charge in [0.15, 0.2) is 0 Å². The average Bonchev–Trinajstić information content (AvgIpc) is 3.73. The molecule has 8 heteroatoms. The van der Waals surface area contributed by atoms with E-state index in [9.17, 15) is 14.7 Å². The summed E-state index contributed by atoms with van der Waals surface area (Å²) >= 11 is 8.45. The lowest BCUT2D eigenvalue weighted by Crippen LogP contribution is -2.33. The van der Waals surface area contributed by atoms with Crippen molar-refractivity contribution in [2.45, 2.75) is 32.0 Å². The number of hydrogen-bond donors (Lipinski definition) is 1. The largest absolute Gasteiger partial charge is 0.465 e. The van der Waals surface area contributed by atoms with E-state index in [0.29, 0.717) is 17.5 Å². The molecule has 1 saturated carbocycles. The highest BCUT2D eigenvalue weighted by molar-refractivity contribution is 7.19. The molecule has 2 aliphatic rings. The number of methoxy groups -OCH3 is 2. The number of ether oxygens (including phenoxy) is 2. The Bertz CT molecular complexity index is 1470. The zero-order valence-corrected chi connectivity index (χ0v) is 22.7. The Morgan fingerprint density at radius 1 is 1.03 bits per heavy atom. The Morgan fingerprint density at radius 3 is 2.34 bits per heavy atom. The first-order valence-electron chi connectivity index (χ1n) is 12.4. The van der Waals surface area contributed by atoms with Crippen LogP contribution in [0.25, 0.3) is 15.7 Å². The van der Waals surface area contributed by atoms with Crippen molar-refractivity contribution in [3.05, 3.63) is 99.1 Å². The standard InChI is InChI=1S/C30H28ClNO5S/c1-36-29(34)23-13-21(19-9-7-18(17-33)8-10-19)14-25(20-11-12-20)32(15-24(23)30(35)37-2)16-27-28(31)22-5-3-4-6-26(22)38-27/h3-10,13-15,20,25,33H,11-12,16-17H2,1-2H3/b21-14+,23-13+,24-15+. The van der Waals surface area contributed by atoms with Crippen molar-refractivity contribution in [3.8, 4) is 0 Å².